The van der Waals surface area contributed by atoms with Gasteiger partial charge in [-0.3, -0.25) is 9.97 Å². The predicted octanol–water partition coefficient (Wildman–Crippen LogP) is 1.81. The van der Waals surface area contributed by atoms with E-state index in [1.807, 2.05) is 19.1 Å². The van der Waals surface area contributed by atoms with Crippen LogP contribution < -0.4 is 0 Å². The maximum Gasteiger partial charge on any atom is 0.243 e. The van der Waals surface area contributed by atoms with Crippen molar-refractivity contribution in [2.24, 2.45) is 0 Å². The minimum Gasteiger partial charge on any atom is -0.378 e. The van der Waals surface area contributed by atoms with Gasteiger partial charge in [-0.1, -0.05) is 17.7 Å². The van der Waals surface area contributed by atoms with E-state index in [9.17, 15) is 8.42 Å². The van der Waals surface area contributed by atoms with Gasteiger partial charge >= 0.3 is 0 Å². The highest BCUT2D eigenvalue weighted by molar-refractivity contribution is 7.89. The number of hydrogen-bond acceptors (Lipinski definition) is 5. The van der Waals surface area contributed by atoms with Gasteiger partial charge in [-0.25, -0.2) is 8.42 Å². The Morgan fingerprint density at radius 1 is 1.25 bits per heavy atom. The van der Waals surface area contributed by atoms with Crippen molar-refractivity contribution in [3.63, 3.8) is 0 Å². The van der Waals surface area contributed by atoms with Gasteiger partial charge in [0.05, 0.1) is 23.8 Å². The van der Waals surface area contributed by atoms with E-state index in [1.54, 1.807) is 35.0 Å². The molecular weight excluding hydrogens is 326 g/mol. The molecule has 1 fully saturated rings. The van der Waals surface area contributed by atoms with Crippen molar-refractivity contribution in [1.29, 1.82) is 0 Å². The molecule has 7 heteroatoms. The summed E-state index contributed by atoms with van der Waals surface area (Å²) in [5, 5.41) is 0. The third-order valence-corrected chi connectivity index (χ3v) is 6.12. The summed E-state index contributed by atoms with van der Waals surface area (Å²) in [4.78, 5) is 8.63. The molecule has 1 atom stereocenters. The first kappa shape index (κ1) is 17.0. The number of morpholine rings is 1. The van der Waals surface area contributed by atoms with Gasteiger partial charge < -0.3 is 4.74 Å². The van der Waals surface area contributed by atoms with Crippen molar-refractivity contribution >= 4 is 10.0 Å². The molecule has 24 heavy (non-hydrogen) atoms. The monoisotopic (exact) mass is 347 g/mol. The van der Waals surface area contributed by atoms with E-state index in [-0.39, 0.29) is 6.04 Å². The van der Waals surface area contributed by atoms with Crippen molar-refractivity contribution < 1.29 is 13.2 Å². The highest BCUT2D eigenvalue weighted by Gasteiger charge is 2.33. The molecule has 3 rings (SSSR count). The van der Waals surface area contributed by atoms with Gasteiger partial charge in [-0.15, -0.1) is 0 Å². The molecule has 2 aromatic rings. The SMILES string of the molecule is Cc1ccc(S(=O)(=O)N2CCOC[C@H]2CCc2cnccn2)cc1. The van der Waals surface area contributed by atoms with Gasteiger partial charge in [-0.2, -0.15) is 4.31 Å². The first-order valence-electron chi connectivity index (χ1n) is 7.98. The van der Waals surface area contributed by atoms with Crippen LogP contribution in [0.1, 0.15) is 17.7 Å². The van der Waals surface area contributed by atoms with Crippen LogP contribution in [0.5, 0.6) is 0 Å². The van der Waals surface area contributed by atoms with E-state index < -0.39 is 10.0 Å². The minimum atomic E-state index is -3.52. The average Bonchev–Trinajstić information content (AvgIpc) is 2.61. The molecule has 128 valence electrons. The van der Waals surface area contributed by atoms with Crippen LogP contribution in [0, 0.1) is 6.92 Å². The summed E-state index contributed by atoms with van der Waals surface area (Å²) in [6.45, 7) is 3.15. The predicted molar refractivity (Wildman–Crippen MR) is 90.0 cm³/mol. The van der Waals surface area contributed by atoms with Crippen molar-refractivity contribution in [3.05, 3.63) is 54.1 Å². The number of aryl methyl sites for hydroxylation is 2. The molecule has 0 amide bonds. The molecule has 1 aromatic heterocycles. The van der Waals surface area contributed by atoms with E-state index in [4.69, 9.17) is 4.74 Å². The Balaban J connectivity index is 1.77. The van der Waals surface area contributed by atoms with Gasteiger partial charge in [0.25, 0.3) is 0 Å². The third-order valence-electron chi connectivity index (χ3n) is 4.15. The fourth-order valence-corrected chi connectivity index (χ4v) is 4.43. The second-order valence-electron chi connectivity index (χ2n) is 5.89. The first-order chi connectivity index (χ1) is 11.6. The van der Waals surface area contributed by atoms with Crippen LogP contribution in [0.3, 0.4) is 0 Å². The molecule has 0 N–H and O–H groups in total. The third kappa shape index (κ3) is 3.80. The van der Waals surface area contributed by atoms with E-state index in [0.717, 1.165) is 11.3 Å². The molecule has 1 aliphatic rings. The number of rotatable bonds is 5. The van der Waals surface area contributed by atoms with Gasteiger partial charge in [0.15, 0.2) is 0 Å². The zero-order chi connectivity index (χ0) is 17.0. The topological polar surface area (TPSA) is 72.4 Å². The zero-order valence-electron chi connectivity index (χ0n) is 13.6. The van der Waals surface area contributed by atoms with Crippen LogP contribution in [0.15, 0.2) is 47.8 Å². The molecule has 1 saturated heterocycles. The lowest BCUT2D eigenvalue weighted by molar-refractivity contribution is 0.0297. The summed E-state index contributed by atoms with van der Waals surface area (Å²) < 4.78 is 33.0. The zero-order valence-corrected chi connectivity index (χ0v) is 14.4. The Labute approximate surface area is 142 Å². The number of aromatic nitrogens is 2. The van der Waals surface area contributed by atoms with Gasteiger partial charge in [-0.05, 0) is 31.9 Å². The van der Waals surface area contributed by atoms with Crippen molar-refractivity contribution in [3.8, 4) is 0 Å². The Kier molecular flexibility index (Phi) is 5.23. The van der Waals surface area contributed by atoms with Crippen molar-refractivity contribution in [1.82, 2.24) is 14.3 Å². The number of ether oxygens (including phenoxy) is 1. The summed E-state index contributed by atoms with van der Waals surface area (Å²) in [5.41, 5.74) is 1.89. The highest BCUT2D eigenvalue weighted by atomic mass is 32.2. The van der Waals surface area contributed by atoms with Gasteiger partial charge in [0, 0.05) is 31.2 Å². The average molecular weight is 347 g/mol. The Hall–Kier alpha value is -1.83. The molecule has 0 bridgehead atoms. The highest BCUT2D eigenvalue weighted by Crippen LogP contribution is 2.23. The maximum atomic E-state index is 13.0. The van der Waals surface area contributed by atoms with Crippen LogP contribution in [-0.4, -0.2) is 48.5 Å². The quantitative estimate of drug-likeness (QED) is 0.825. The summed E-state index contributed by atoms with van der Waals surface area (Å²) in [5.74, 6) is 0. The second-order valence-corrected chi connectivity index (χ2v) is 7.78. The Morgan fingerprint density at radius 2 is 2.04 bits per heavy atom. The van der Waals surface area contributed by atoms with Crippen LogP contribution in [0.2, 0.25) is 0 Å². The molecule has 1 aromatic carbocycles. The molecule has 0 unspecified atom stereocenters. The fraction of sp³-hybridized carbons (Fsp3) is 0.412. The fourth-order valence-electron chi connectivity index (χ4n) is 2.80. The van der Waals surface area contributed by atoms with Gasteiger partial charge in [0.1, 0.15) is 0 Å². The van der Waals surface area contributed by atoms with E-state index in [2.05, 4.69) is 9.97 Å². The normalized spacial score (nSPS) is 19.3. The van der Waals surface area contributed by atoms with Crippen molar-refractivity contribution in [2.45, 2.75) is 30.7 Å². The van der Waals surface area contributed by atoms with Crippen LogP contribution in [0.4, 0.5) is 0 Å². The molecule has 2 heterocycles. The second kappa shape index (κ2) is 7.38. The van der Waals surface area contributed by atoms with Crippen LogP contribution in [0.25, 0.3) is 0 Å². The van der Waals surface area contributed by atoms with Crippen LogP contribution >= 0.6 is 0 Å². The van der Waals surface area contributed by atoms with Gasteiger partial charge in [0.2, 0.25) is 10.0 Å². The summed E-state index contributed by atoms with van der Waals surface area (Å²) >= 11 is 0. The maximum absolute atomic E-state index is 13.0. The summed E-state index contributed by atoms with van der Waals surface area (Å²) in [7, 11) is -3.52. The lowest BCUT2D eigenvalue weighted by Gasteiger charge is -2.34. The van der Waals surface area contributed by atoms with E-state index in [0.29, 0.717) is 37.5 Å². The molecule has 0 saturated carbocycles. The number of hydrogen-bond donors (Lipinski definition) is 0. The molecule has 0 radical (unpaired) electrons. The Bertz CT molecular complexity index is 763. The minimum absolute atomic E-state index is 0.188. The Morgan fingerprint density at radius 3 is 2.75 bits per heavy atom. The lowest BCUT2D eigenvalue weighted by Crippen LogP contribution is -2.48. The first-order valence-corrected chi connectivity index (χ1v) is 9.42. The largest absolute Gasteiger partial charge is 0.378 e. The summed E-state index contributed by atoms with van der Waals surface area (Å²) in [6, 6.07) is 6.79. The van der Waals surface area contributed by atoms with E-state index in [1.165, 1.54) is 0 Å². The smallest absolute Gasteiger partial charge is 0.243 e. The summed E-state index contributed by atoms with van der Waals surface area (Å²) in [6.07, 6.45) is 6.31. The number of benzene rings is 1. The van der Waals surface area contributed by atoms with Crippen LogP contribution in [-0.2, 0) is 21.2 Å². The molecule has 1 aliphatic heterocycles. The molecule has 0 aliphatic carbocycles. The number of sulfonamides is 1. The molecule has 0 spiro atoms. The molecule has 6 nitrogen and oxygen atoms in total. The molecular formula is C17H21N3O3S. The van der Waals surface area contributed by atoms with Crippen molar-refractivity contribution in [2.75, 3.05) is 19.8 Å². The number of nitrogens with zero attached hydrogens (tertiary/aromatic N) is 3. The lowest BCUT2D eigenvalue weighted by atomic mass is 10.1. The van der Waals surface area contributed by atoms with E-state index >= 15 is 0 Å². The standard InChI is InChI=1S/C17H21N3O3S/c1-14-2-6-17(7-3-14)24(21,22)20-10-11-23-13-16(20)5-4-15-12-18-8-9-19-15/h2-3,6-9,12,16H,4-5,10-11,13H2,1H3/t16-/m1/s1.